The fourth-order valence-electron chi connectivity index (χ4n) is 0.687. The average Bonchev–Trinajstić information content (AvgIpc) is 2.03. The normalized spacial score (nSPS) is 9.70. The molecule has 1 heteroatoms. The van der Waals surface area contributed by atoms with Gasteiger partial charge in [0.25, 0.3) is 0 Å². The van der Waals surface area contributed by atoms with Gasteiger partial charge in [-0.25, -0.2) is 0 Å². The average molecular weight is 151 g/mol. The van der Waals surface area contributed by atoms with Crippen LogP contribution in [0.1, 0.15) is 13.3 Å². The van der Waals surface area contributed by atoms with E-state index in [4.69, 9.17) is 0 Å². The molecule has 0 saturated heterocycles. The molecule has 0 heterocycles. The highest BCUT2D eigenvalue weighted by molar-refractivity contribution is 7.99. The summed E-state index contributed by atoms with van der Waals surface area (Å²) < 4.78 is 0. The predicted molar refractivity (Wildman–Crippen MR) is 46.3 cm³/mol. The van der Waals surface area contributed by atoms with Gasteiger partial charge in [0.05, 0.1) is 0 Å². The number of hydrogen-bond donors (Lipinski definition) is 0. The van der Waals surface area contributed by atoms with E-state index in [0.29, 0.717) is 0 Å². The predicted octanol–water partition coefficient (Wildman–Crippen LogP) is 2.99. The second kappa shape index (κ2) is 4.40. The van der Waals surface area contributed by atoms with E-state index in [1.807, 2.05) is 30.0 Å². The van der Waals surface area contributed by atoms with Gasteiger partial charge in [0.1, 0.15) is 0 Å². The van der Waals surface area contributed by atoms with Gasteiger partial charge in [-0.2, -0.15) is 0 Å². The van der Waals surface area contributed by atoms with Crippen LogP contribution in [0.5, 0.6) is 0 Å². The Bertz CT molecular complexity index is 169. The van der Waals surface area contributed by atoms with Gasteiger partial charge in [-0.1, -0.05) is 19.1 Å². The second-order valence-electron chi connectivity index (χ2n) is 2.09. The van der Waals surface area contributed by atoms with Gasteiger partial charge in [-0.3, -0.25) is 0 Å². The van der Waals surface area contributed by atoms with E-state index >= 15 is 0 Å². The van der Waals surface area contributed by atoms with Crippen molar-refractivity contribution in [2.45, 2.75) is 18.2 Å². The number of hydrogen-bond acceptors (Lipinski definition) is 1. The van der Waals surface area contributed by atoms with Crippen LogP contribution in [0.15, 0.2) is 29.2 Å². The van der Waals surface area contributed by atoms with Crippen molar-refractivity contribution in [3.8, 4) is 0 Å². The lowest BCUT2D eigenvalue weighted by Crippen LogP contribution is -1.73. The van der Waals surface area contributed by atoms with Crippen molar-refractivity contribution in [3.63, 3.8) is 0 Å². The number of thioether (sulfide) groups is 1. The first-order valence-electron chi connectivity index (χ1n) is 3.52. The molecule has 0 saturated carbocycles. The van der Waals surface area contributed by atoms with Gasteiger partial charge in [0.15, 0.2) is 0 Å². The van der Waals surface area contributed by atoms with E-state index < -0.39 is 0 Å². The zero-order valence-corrected chi connectivity index (χ0v) is 6.95. The minimum atomic E-state index is 1.21. The van der Waals surface area contributed by atoms with Crippen LogP contribution in [0.3, 0.4) is 0 Å². The molecule has 0 N–H and O–H groups in total. The summed E-state index contributed by atoms with van der Waals surface area (Å²) in [7, 11) is 0. The van der Waals surface area contributed by atoms with Crippen molar-refractivity contribution in [2.24, 2.45) is 0 Å². The molecule has 0 unspecified atom stereocenters. The first-order chi connectivity index (χ1) is 4.93. The van der Waals surface area contributed by atoms with E-state index in [1.165, 1.54) is 17.1 Å². The third-order valence-corrected chi connectivity index (χ3v) is 2.35. The fraction of sp³-hybridized carbons (Fsp3) is 0.333. The summed E-state index contributed by atoms with van der Waals surface area (Å²) in [6, 6.07) is 11.2. The summed E-state index contributed by atoms with van der Waals surface area (Å²) in [6.07, 6.45) is 1.24. The molecule has 53 valence electrons. The van der Waals surface area contributed by atoms with Crippen molar-refractivity contribution >= 4 is 11.8 Å². The lowest BCUT2D eigenvalue weighted by Gasteiger charge is -1.95. The topological polar surface area (TPSA) is 0 Å². The van der Waals surface area contributed by atoms with Gasteiger partial charge in [0.2, 0.25) is 0 Å². The molecular weight excluding hydrogens is 140 g/mol. The quantitative estimate of drug-likeness (QED) is 0.598. The van der Waals surface area contributed by atoms with Crippen LogP contribution in [0.2, 0.25) is 0 Å². The molecule has 0 bridgehead atoms. The molecule has 0 spiro atoms. The van der Waals surface area contributed by atoms with Crippen LogP contribution in [-0.4, -0.2) is 5.75 Å². The zero-order chi connectivity index (χ0) is 7.23. The Labute approximate surface area is 66.6 Å². The fourth-order valence-corrected chi connectivity index (χ4v) is 1.45. The third-order valence-electron chi connectivity index (χ3n) is 1.15. The molecule has 0 nitrogen and oxygen atoms in total. The summed E-state index contributed by atoms with van der Waals surface area (Å²) in [5.41, 5.74) is 0. The number of rotatable bonds is 3. The molecule has 1 radical (unpaired) electrons. The van der Waals surface area contributed by atoms with Crippen molar-refractivity contribution < 1.29 is 0 Å². The van der Waals surface area contributed by atoms with Crippen molar-refractivity contribution in [1.29, 1.82) is 0 Å². The maximum Gasteiger partial charge on any atom is 0.00781 e. The molecule has 0 aliphatic carbocycles. The highest BCUT2D eigenvalue weighted by Crippen LogP contribution is 2.16. The smallest absolute Gasteiger partial charge is 0.00781 e. The maximum atomic E-state index is 3.05. The molecule has 10 heavy (non-hydrogen) atoms. The summed E-state index contributed by atoms with van der Waals surface area (Å²) in [4.78, 5) is 1.32. The van der Waals surface area contributed by atoms with Crippen LogP contribution in [0, 0.1) is 6.07 Å². The van der Waals surface area contributed by atoms with Crippen molar-refractivity contribution in [3.05, 3.63) is 30.3 Å². The molecule has 1 aromatic rings. The van der Waals surface area contributed by atoms with E-state index in [2.05, 4.69) is 19.1 Å². The Morgan fingerprint density at radius 2 is 2.50 bits per heavy atom. The molecule has 0 aliphatic rings. The third kappa shape index (κ3) is 2.44. The first-order valence-corrected chi connectivity index (χ1v) is 4.51. The molecule has 0 aromatic heterocycles. The van der Waals surface area contributed by atoms with Crippen LogP contribution in [0.25, 0.3) is 0 Å². The van der Waals surface area contributed by atoms with E-state index in [-0.39, 0.29) is 0 Å². The van der Waals surface area contributed by atoms with E-state index in [1.54, 1.807) is 0 Å². The largest absolute Gasteiger partial charge is 0.126 e. The van der Waals surface area contributed by atoms with Gasteiger partial charge in [-0.15, -0.1) is 11.8 Å². The standard InChI is InChI=1S/C9H11S/c1-2-8-10-9-6-4-3-5-7-9/h3-4,6-7H,2,8H2,1H3. The van der Waals surface area contributed by atoms with Gasteiger partial charge >= 0.3 is 0 Å². The lowest BCUT2D eigenvalue weighted by molar-refractivity contribution is 1.10. The molecule has 1 aromatic carbocycles. The SMILES string of the molecule is CCCSc1c[c]ccc1. The van der Waals surface area contributed by atoms with Crippen molar-refractivity contribution in [2.75, 3.05) is 5.75 Å². The second-order valence-corrected chi connectivity index (χ2v) is 3.26. The Balaban J connectivity index is 2.43. The minimum absolute atomic E-state index is 1.21. The van der Waals surface area contributed by atoms with Gasteiger partial charge in [-0.05, 0) is 30.4 Å². The van der Waals surface area contributed by atoms with Crippen LogP contribution >= 0.6 is 11.8 Å². The van der Waals surface area contributed by atoms with Gasteiger partial charge < -0.3 is 0 Å². The van der Waals surface area contributed by atoms with Crippen LogP contribution in [0.4, 0.5) is 0 Å². The van der Waals surface area contributed by atoms with Crippen LogP contribution < -0.4 is 0 Å². The molecular formula is C9H11S. The van der Waals surface area contributed by atoms with Gasteiger partial charge in [0, 0.05) is 4.90 Å². The Kier molecular flexibility index (Phi) is 3.37. The molecule has 0 fully saturated rings. The number of benzene rings is 1. The Morgan fingerprint density at radius 1 is 1.60 bits per heavy atom. The Hall–Kier alpha value is -0.430. The molecule has 0 atom stereocenters. The summed E-state index contributed by atoms with van der Waals surface area (Å²) in [5, 5.41) is 0. The highest BCUT2D eigenvalue weighted by Gasteiger charge is 1.87. The monoisotopic (exact) mass is 151 g/mol. The Morgan fingerprint density at radius 3 is 3.10 bits per heavy atom. The zero-order valence-electron chi connectivity index (χ0n) is 6.13. The first kappa shape index (κ1) is 7.67. The van der Waals surface area contributed by atoms with E-state index in [9.17, 15) is 0 Å². The summed E-state index contributed by atoms with van der Waals surface area (Å²) in [5.74, 6) is 1.21. The van der Waals surface area contributed by atoms with E-state index in [0.717, 1.165) is 0 Å². The minimum Gasteiger partial charge on any atom is -0.126 e. The van der Waals surface area contributed by atoms with Crippen molar-refractivity contribution in [1.82, 2.24) is 0 Å². The summed E-state index contributed by atoms with van der Waals surface area (Å²) in [6.45, 7) is 2.19. The highest BCUT2D eigenvalue weighted by atomic mass is 32.2. The molecule has 1 rings (SSSR count). The molecule has 0 amide bonds. The molecule has 0 aliphatic heterocycles. The lowest BCUT2D eigenvalue weighted by atomic mass is 10.4. The van der Waals surface area contributed by atoms with Crippen LogP contribution in [-0.2, 0) is 0 Å². The summed E-state index contributed by atoms with van der Waals surface area (Å²) >= 11 is 1.89. The maximum absolute atomic E-state index is 3.05.